The summed E-state index contributed by atoms with van der Waals surface area (Å²) in [5.74, 6) is -0.445. The van der Waals surface area contributed by atoms with E-state index in [-0.39, 0.29) is 30.6 Å². The maximum atomic E-state index is 13.3. The molecule has 1 aliphatic heterocycles. The van der Waals surface area contributed by atoms with Crippen LogP contribution in [0.5, 0.6) is 0 Å². The number of benzene rings is 1. The normalized spacial score (nSPS) is 19.9. The minimum absolute atomic E-state index is 0.00596. The maximum Gasteiger partial charge on any atom is 0.414 e. The molecule has 2 rings (SSSR count). The molecule has 1 aromatic rings. The Morgan fingerprint density at radius 1 is 1.09 bits per heavy atom. The van der Waals surface area contributed by atoms with Crippen LogP contribution < -0.4 is 5.32 Å². The molecule has 0 spiro atoms. The van der Waals surface area contributed by atoms with Crippen LogP contribution in [0.1, 0.15) is 58.9 Å². The highest BCUT2D eigenvalue weighted by Gasteiger charge is 2.41. The van der Waals surface area contributed by atoms with Crippen LogP contribution in [0.4, 0.5) is 4.79 Å². The van der Waals surface area contributed by atoms with E-state index >= 15 is 0 Å². The summed E-state index contributed by atoms with van der Waals surface area (Å²) in [5.41, 5.74) is 0.829. The van der Waals surface area contributed by atoms with E-state index in [9.17, 15) is 14.4 Å². The van der Waals surface area contributed by atoms with Crippen LogP contribution in [-0.2, 0) is 30.4 Å². The van der Waals surface area contributed by atoms with Crippen LogP contribution in [0.15, 0.2) is 30.3 Å². The lowest BCUT2D eigenvalue weighted by Crippen LogP contribution is -2.51. The molecule has 6 atom stereocenters. The van der Waals surface area contributed by atoms with Crippen LogP contribution in [-0.4, -0.2) is 61.8 Å². The molecule has 0 aliphatic carbocycles. The first-order valence-corrected chi connectivity index (χ1v) is 12.6. The molecular weight excluding hydrogens is 448 g/mol. The number of imide groups is 1. The number of hydrogen-bond donors (Lipinski definition) is 1. The summed E-state index contributed by atoms with van der Waals surface area (Å²) in [6.45, 7) is 8.83. The van der Waals surface area contributed by atoms with E-state index in [4.69, 9.17) is 14.2 Å². The van der Waals surface area contributed by atoms with Crippen molar-refractivity contribution in [3.8, 4) is 0 Å². The first-order chi connectivity index (χ1) is 16.7. The molecule has 1 saturated heterocycles. The molecule has 1 aliphatic rings. The average molecular weight is 491 g/mol. The van der Waals surface area contributed by atoms with Crippen LogP contribution >= 0.6 is 0 Å². The van der Waals surface area contributed by atoms with Gasteiger partial charge in [-0.3, -0.25) is 14.9 Å². The maximum absolute atomic E-state index is 13.3. The van der Waals surface area contributed by atoms with E-state index in [1.807, 2.05) is 35.2 Å². The lowest BCUT2D eigenvalue weighted by atomic mass is 9.87. The molecule has 0 bridgehead atoms. The Balaban J connectivity index is 1.98. The zero-order valence-corrected chi connectivity index (χ0v) is 22.0. The number of hydrogen-bond acceptors (Lipinski definition) is 6. The number of rotatable bonds is 12. The largest absolute Gasteiger partial charge is 0.444 e. The van der Waals surface area contributed by atoms with Gasteiger partial charge in [0.1, 0.15) is 6.61 Å². The number of alkyl carbamates (subject to hydrolysis) is 1. The van der Waals surface area contributed by atoms with Crippen molar-refractivity contribution in [3.63, 3.8) is 0 Å². The van der Waals surface area contributed by atoms with Crippen molar-refractivity contribution in [1.82, 2.24) is 10.2 Å². The fourth-order valence-corrected chi connectivity index (χ4v) is 4.77. The molecule has 0 aromatic heterocycles. The van der Waals surface area contributed by atoms with Gasteiger partial charge < -0.3 is 19.1 Å². The second-order valence-electron chi connectivity index (χ2n) is 9.56. The van der Waals surface area contributed by atoms with Gasteiger partial charge in [0.15, 0.2) is 0 Å². The van der Waals surface area contributed by atoms with Gasteiger partial charge in [0.25, 0.3) is 0 Å². The molecule has 1 fully saturated rings. The molecule has 3 amide bonds. The van der Waals surface area contributed by atoms with Crippen LogP contribution in [0.3, 0.4) is 0 Å². The molecule has 0 saturated carbocycles. The first-order valence-electron chi connectivity index (χ1n) is 12.6. The number of carbonyl (C=O) groups excluding carboxylic acids is 3. The van der Waals surface area contributed by atoms with Crippen molar-refractivity contribution in [2.45, 2.75) is 78.2 Å². The van der Waals surface area contributed by atoms with E-state index < -0.39 is 24.0 Å². The standard InChI is InChI=1S/C27H42N2O6/c1-7-18(2)19(3)23(33-5)16-24(30)29-15-11-14-22(29)25(34-6)20(4)26(31)28-27(32)35-17-21-12-9-8-10-13-21/h8-10,12-13,18-20,22-23,25H,7,11,14-17H2,1-6H3,(H,28,31,32)/t18-,19-,20+,22-,23+,25+/m0/s1. The summed E-state index contributed by atoms with van der Waals surface area (Å²) in [6, 6.07) is 9.00. The van der Waals surface area contributed by atoms with Crippen LogP contribution in [0.2, 0.25) is 0 Å². The lowest BCUT2D eigenvalue weighted by molar-refractivity contribution is -0.142. The molecular formula is C27H42N2O6. The summed E-state index contributed by atoms with van der Waals surface area (Å²) in [7, 11) is 3.19. The Morgan fingerprint density at radius 2 is 1.77 bits per heavy atom. The highest BCUT2D eigenvalue weighted by atomic mass is 16.5. The third-order valence-corrected chi connectivity index (χ3v) is 7.42. The lowest BCUT2D eigenvalue weighted by Gasteiger charge is -2.35. The Labute approximate surface area is 209 Å². The molecule has 0 unspecified atom stereocenters. The number of nitrogens with zero attached hydrogens (tertiary/aromatic N) is 1. The number of likely N-dealkylation sites (tertiary alicyclic amines) is 1. The summed E-state index contributed by atoms with van der Waals surface area (Å²) < 4.78 is 16.5. The topological polar surface area (TPSA) is 94.2 Å². The van der Waals surface area contributed by atoms with Crippen molar-refractivity contribution < 1.29 is 28.6 Å². The Bertz CT molecular complexity index is 817. The Hall–Kier alpha value is -2.45. The highest BCUT2D eigenvalue weighted by Crippen LogP contribution is 2.29. The SMILES string of the molecule is CC[C@H](C)[C@H](C)[C@@H](CC(=O)N1CCC[C@H]1[C@H](OC)[C@@H](C)C(=O)NC(=O)OCc1ccccc1)OC. The number of carbonyl (C=O) groups is 3. The van der Waals surface area contributed by atoms with Crippen molar-refractivity contribution in [1.29, 1.82) is 0 Å². The third-order valence-electron chi connectivity index (χ3n) is 7.42. The van der Waals surface area contributed by atoms with Crippen molar-refractivity contribution in [2.24, 2.45) is 17.8 Å². The van der Waals surface area contributed by atoms with E-state index in [0.29, 0.717) is 18.9 Å². The number of amides is 3. The van der Waals surface area contributed by atoms with Crippen molar-refractivity contribution in [2.75, 3.05) is 20.8 Å². The Morgan fingerprint density at radius 3 is 2.37 bits per heavy atom. The van der Waals surface area contributed by atoms with Gasteiger partial charge in [-0.2, -0.15) is 0 Å². The minimum Gasteiger partial charge on any atom is -0.444 e. The molecule has 1 aromatic carbocycles. The number of methoxy groups -OCH3 is 2. The van der Waals surface area contributed by atoms with Gasteiger partial charge in [0, 0.05) is 20.8 Å². The quantitative estimate of drug-likeness (QED) is 0.473. The monoisotopic (exact) mass is 490 g/mol. The van der Waals surface area contributed by atoms with Crippen LogP contribution in [0.25, 0.3) is 0 Å². The first kappa shape index (κ1) is 28.8. The summed E-state index contributed by atoms with van der Waals surface area (Å²) in [6.07, 6.45) is 1.37. The van der Waals surface area contributed by atoms with Gasteiger partial charge in [-0.1, -0.05) is 64.4 Å². The third kappa shape index (κ3) is 8.04. The zero-order valence-electron chi connectivity index (χ0n) is 22.0. The van der Waals surface area contributed by atoms with Gasteiger partial charge in [0.05, 0.1) is 30.6 Å². The van der Waals surface area contributed by atoms with E-state index in [0.717, 1.165) is 24.8 Å². The Kier molecular flexibility index (Phi) is 11.7. The molecule has 196 valence electrons. The summed E-state index contributed by atoms with van der Waals surface area (Å²) in [4.78, 5) is 40.1. The fourth-order valence-electron chi connectivity index (χ4n) is 4.77. The molecule has 35 heavy (non-hydrogen) atoms. The predicted molar refractivity (Wildman–Crippen MR) is 133 cm³/mol. The molecule has 8 nitrogen and oxygen atoms in total. The molecule has 8 heteroatoms. The minimum atomic E-state index is -0.804. The summed E-state index contributed by atoms with van der Waals surface area (Å²) >= 11 is 0. The van der Waals surface area contributed by atoms with Gasteiger partial charge in [-0.25, -0.2) is 4.79 Å². The smallest absolute Gasteiger partial charge is 0.414 e. The molecule has 1 heterocycles. The van der Waals surface area contributed by atoms with Gasteiger partial charge in [-0.15, -0.1) is 0 Å². The average Bonchev–Trinajstić information content (AvgIpc) is 3.35. The van der Waals surface area contributed by atoms with Gasteiger partial charge in [0.2, 0.25) is 11.8 Å². The second-order valence-corrected chi connectivity index (χ2v) is 9.56. The van der Waals surface area contributed by atoms with E-state index in [2.05, 4.69) is 26.1 Å². The van der Waals surface area contributed by atoms with Gasteiger partial charge in [-0.05, 0) is 30.2 Å². The van der Waals surface area contributed by atoms with Crippen molar-refractivity contribution in [3.05, 3.63) is 35.9 Å². The number of nitrogens with one attached hydrogen (secondary N) is 1. The van der Waals surface area contributed by atoms with Crippen molar-refractivity contribution >= 4 is 17.9 Å². The predicted octanol–water partition coefficient (Wildman–Crippen LogP) is 4.17. The number of ether oxygens (including phenoxy) is 3. The fraction of sp³-hybridized carbons (Fsp3) is 0.667. The van der Waals surface area contributed by atoms with E-state index in [1.165, 1.54) is 7.11 Å². The highest BCUT2D eigenvalue weighted by molar-refractivity contribution is 5.93. The molecule has 0 radical (unpaired) electrons. The van der Waals surface area contributed by atoms with Crippen LogP contribution in [0, 0.1) is 17.8 Å². The second kappa shape index (κ2) is 14.2. The molecule has 1 N–H and O–H groups in total. The van der Waals surface area contributed by atoms with E-state index in [1.54, 1.807) is 14.0 Å². The zero-order chi connectivity index (χ0) is 26.0. The summed E-state index contributed by atoms with van der Waals surface area (Å²) in [5, 5.41) is 2.30. The van der Waals surface area contributed by atoms with Gasteiger partial charge >= 0.3 is 6.09 Å².